The lowest BCUT2D eigenvalue weighted by atomic mass is 9.52. The number of fused-ring (bicyclic) bond motifs is 2. The van der Waals surface area contributed by atoms with Gasteiger partial charge in [-0.1, -0.05) is 11.6 Å². The molecule has 2 aromatic carbocycles. The maximum atomic E-state index is 13.6. The number of hydrogen-bond donors (Lipinski definition) is 4. The molecular weight excluding hydrogens is 561 g/mol. The molecule has 0 radical (unpaired) electrons. The second kappa shape index (κ2) is 9.76. The number of sulfone groups is 1. The van der Waals surface area contributed by atoms with Crippen molar-refractivity contribution >= 4 is 38.9 Å². The minimum atomic E-state index is -4.07. The average Bonchev–Trinajstić information content (AvgIpc) is 3.66. The summed E-state index contributed by atoms with van der Waals surface area (Å²) >= 11 is 6.20. The highest BCUT2D eigenvalue weighted by Gasteiger charge is 2.61. The number of anilines is 1. The first-order valence-electron chi connectivity index (χ1n) is 12.4. The molecule has 210 valence electrons. The molecule has 4 fully saturated rings. The Balaban J connectivity index is 1.30. The molecule has 0 aliphatic heterocycles. The largest absolute Gasteiger partial charge is 0.394 e. The van der Waals surface area contributed by atoms with Crippen LogP contribution in [-0.4, -0.2) is 53.4 Å². The van der Waals surface area contributed by atoms with Crippen LogP contribution in [0.4, 0.5) is 18.9 Å². The van der Waals surface area contributed by atoms with Crippen LogP contribution in [0.25, 0.3) is 0 Å². The van der Waals surface area contributed by atoms with Gasteiger partial charge in [0.1, 0.15) is 0 Å². The second-order valence-electron chi connectivity index (χ2n) is 10.8. The summed E-state index contributed by atoms with van der Waals surface area (Å²) in [5.74, 6) is -6.83. The third kappa shape index (κ3) is 5.03. The number of halogens is 4. The van der Waals surface area contributed by atoms with E-state index < -0.39 is 61.4 Å². The lowest BCUT2D eigenvalue weighted by Crippen LogP contribution is -2.63. The molecule has 2 aromatic rings. The summed E-state index contributed by atoms with van der Waals surface area (Å²) in [5, 5.41) is 24.6. The fourth-order valence-corrected chi connectivity index (χ4v) is 8.14. The van der Waals surface area contributed by atoms with Crippen molar-refractivity contribution < 1.29 is 41.4 Å². The van der Waals surface area contributed by atoms with Gasteiger partial charge in [0, 0.05) is 23.4 Å². The molecule has 0 saturated heterocycles. The van der Waals surface area contributed by atoms with E-state index in [1.165, 1.54) is 12.1 Å². The van der Waals surface area contributed by atoms with Gasteiger partial charge < -0.3 is 20.8 Å². The molecule has 0 spiro atoms. The maximum Gasteiger partial charge on any atom is 0.255 e. The van der Waals surface area contributed by atoms with Crippen LogP contribution in [0.5, 0.6) is 0 Å². The summed E-state index contributed by atoms with van der Waals surface area (Å²) in [6.07, 6.45) is 1.90. The monoisotopic (exact) mass is 586 g/mol. The molecule has 8 nitrogen and oxygen atoms in total. The third-order valence-electron chi connectivity index (χ3n) is 8.26. The van der Waals surface area contributed by atoms with Crippen molar-refractivity contribution in [3.63, 3.8) is 0 Å². The first kappa shape index (κ1) is 27.9. The molecule has 4 N–H and O–H groups in total. The average molecular weight is 587 g/mol. The minimum Gasteiger partial charge on any atom is -0.394 e. The molecule has 0 heterocycles. The highest BCUT2D eigenvalue weighted by atomic mass is 35.5. The van der Waals surface area contributed by atoms with Crippen molar-refractivity contribution in [2.75, 3.05) is 11.9 Å². The van der Waals surface area contributed by atoms with Crippen molar-refractivity contribution in [3.8, 4) is 0 Å². The Morgan fingerprint density at radius 2 is 1.64 bits per heavy atom. The van der Waals surface area contributed by atoms with E-state index in [-0.39, 0.29) is 52.9 Å². The number of carbonyl (C=O) groups is 2. The molecule has 2 unspecified atom stereocenters. The molecule has 2 bridgehead atoms. The summed E-state index contributed by atoms with van der Waals surface area (Å²) in [5.41, 5.74) is -2.48. The van der Waals surface area contributed by atoms with Gasteiger partial charge in [0.15, 0.2) is 27.3 Å². The SMILES string of the molecule is O=C(CC1(O)C2CC1CC(S(=O)(=O)c1cc(C(=O)Nc3cc(F)c(F)c(F)c3)ccc1Cl)C2)NC1(CO)CC1. The number of nitrogens with one attached hydrogen (secondary N) is 2. The molecular formula is C26H26ClF3N2O6S. The summed E-state index contributed by atoms with van der Waals surface area (Å²) < 4.78 is 67.3. The zero-order chi connectivity index (χ0) is 28.3. The summed E-state index contributed by atoms with van der Waals surface area (Å²) in [7, 11) is -4.07. The van der Waals surface area contributed by atoms with Gasteiger partial charge in [0.2, 0.25) is 5.91 Å². The normalized spacial score (nSPS) is 26.9. The van der Waals surface area contributed by atoms with Crippen molar-refractivity contribution in [2.45, 2.75) is 59.8 Å². The van der Waals surface area contributed by atoms with E-state index in [0.717, 1.165) is 6.07 Å². The number of rotatable bonds is 8. The molecule has 4 aliphatic rings. The molecule has 2 amide bonds. The first-order chi connectivity index (χ1) is 18.3. The van der Waals surface area contributed by atoms with Gasteiger partial charge in [-0.05, 0) is 62.1 Å². The van der Waals surface area contributed by atoms with E-state index in [1.807, 2.05) is 0 Å². The van der Waals surface area contributed by atoms with E-state index >= 15 is 0 Å². The van der Waals surface area contributed by atoms with Crippen molar-refractivity contribution in [1.82, 2.24) is 5.32 Å². The fraction of sp³-hybridized carbons (Fsp3) is 0.462. The molecule has 0 aromatic heterocycles. The molecule has 4 saturated carbocycles. The first-order valence-corrected chi connectivity index (χ1v) is 14.3. The Bertz CT molecular complexity index is 1430. The predicted octanol–water partition coefficient (Wildman–Crippen LogP) is 3.34. The van der Waals surface area contributed by atoms with E-state index in [0.29, 0.717) is 31.4 Å². The molecule has 6 rings (SSSR count). The van der Waals surface area contributed by atoms with E-state index in [9.17, 15) is 41.4 Å². The molecule has 13 heteroatoms. The van der Waals surface area contributed by atoms with Gasteiger partial charge in [0.25, 0.3) is 5.91 Å². The number of aliphatic hydroxyl groups excluding tert-OH is 1. The molecule has 4 aliphatic carbocycles. The van der Waals surface area contributed by atoms with Gasteiger partial charge in [-0.15, -0.1) is 0 Å². The topological polar surface area (TPSA) is 133 Å². The second-order valence-corrected chi connectivity index (χ2v) is 13.4. The maximum absolute atomic E-state index is 13.6. The van der Waals surface area contributed by atoms with Crippen LogP contribution in [0, 0.1) is 29.3 Å². The Morgan fingerprint density at radius 3 is 2.21 bits per heavy atom. The summed E-state index contributed by atoms with van der Waals surface area (Å²) in [4.78, 5) is 24.9. The molecule has 39 heavy (non-hydrogen) atoms. The number of amides is 2. The summed E-state index contributed by atoms with van der Waals surface area (Å²) in [6.45, 7) is -0.181. The number of benzene rings is 2. The third-order valence-corrected chi connectivity index (χ3v) is 10.9. The quantitative estimate of drug-likeness (QED) is 0.351. The van der Waals surface area contributed by atoms with Crippen LogP contribution >= 0.6 is 11.6 Å². The van der Waals surface area contributed by atoms with Crippen molar-refractivity contribution in [3.05, 3.63) is 58.4 Å². The Hall–Kier alpha value is -2.67. The van der Waals surface area contributed by atoms with Crippen LogP contribution in [0.15, 0.2) is 35.2 Å². The van der Waals surface area contributed by atoms with E-state index in [2.05, 4.69) is 10.6 Å². The minimum absolute atomic E-state index is 0.0919. The van der Waals surface area contributed by atoms with Crippen molar-refractivity contribution in [1.29, 1.82) is 0 Å². The highest BCUT2D eigenvalue weighted by Crippen LogP contribution is 2.57. The lowest BCUT2D eigenvalue weighted by Gasteiger charge is -2.58. The van der Waals surface area contributed by atoms with Crippen molar-refractivity contribution in [2.24, 2.45) is 11.8 Å². The van der Waals surface area contributed by atoms with Crippen LogP contribution in [0.1, 0.15) is 48.9 Å². The highest BCUT2D eigenvalue weighted by molar-refractivity contribution is 7.92. The Kier molecular flexibility index (Phi) is 6.97. The summed E-state index contributed by atoms with van der Waals surface area (Å²) in [6, 6.07) is 4.70. The molecule has 2 atom stereocenters. The van der Waals surface area contributed by atoms with Crippen LogP contribution in [0.3, 0.4) is 0 Å². The van der Waals surface area contributed by atoms with Gasteiger partial charge >= 0.3 is 0 Å². The van der Waals surface area contributed by atoms with Crippen LogP contribution < -0.4 is 10.6 Å². The zero-order valence-corrected chi connectivity index (χ0v) is 22.1. The smallest absolute Gasteiger partial charge is 0.255 e. The number of carbonyl (C=O) groups excluding carboxylic acids is 2. The standard InChI is InChI=1S/C26H26ClF3N2O6S/c27-18-2-1-13(24(35)31-16-9-19(28)23(30)20(29)10-16)5-21(18)39(37,38)17-7-14-6-15(8-17)26(14,36)11-22(34)32-25(12-33)3-4-25/h1-2,5,9-10,14-15,17,33,36H,3-4,6-8,11-12H2,(H,31,35)(H,32,34). The fourth-order valence-electron chi connectivity index (χ4n) is 5.74. The van der Waals surface area contributed by atoms with Gasteiger partial charge in [-0.2, -0.15) is 0 Å². The Labute approximate surface area is 227 Å². The van der Waals surface area contributed by atoms with Crippen LogP contribution in [-0.2, 0) is 14.6 Å². The van der Waals surface area contributed by atoms with E-state index in [1.54, 1.807) is 0 Å². The van der Waals surface area contributed by atoms with E-state index in [4.69, 9.17) is 11.6 Å². The van der Waals surface area contributed by atoms with Gasteiger partial charge in [-0.3, -0.25) is 9.59 Å². The zero-order valence-electron chi connectivity index (χ0n) is 20.5. The number of aliphatic hydroxyl groups is 2. The predicted molar refractivity (Wildman–Crippen MR) is 134 cm³/mol. The lowest BCUT2D eigenvalue weighted by molar-refractivity contribution is -0.184. The number of hydrogen-bond acceptors (Lipinski definition) is 6. The van der Waals surface area contributed by atoms with Crippen LogP contribution in [0.2, 0.25) is 5.02 Å². The van der Waals surface area contributed by atoms with Gasteiger partial charge in [0.05, 0.1) is 39.3 Å². The van der Waals surface area contributed by atoms with Gasteiger partial charge in [-0.25, -0.2) is 21.6 Å². The Morgan fingerprint density at radius 1 is 1.03 bits per heavy atom.